The van der Waals surface area contributed by atoms with Crippen molar-refractivity contribution in [2.75, 3.05) is 6.61 Å². The number of ether oxygens (including phenoxy) is 1. The van der Waals surface area contributed by atoms with E-state index in [1.807, 2.05) is 0 Å². The van der Waals surface area contributed by atoms with Crippen LogP contribution in [0.4, 0.5) is 0 Å². The van der Waals surface area contributed by atoms with Crippen LogP contribution in [-0.4, -0.2) is 45.4 Å². The summed E-state index contributed by atoms with van der Waals surface area (Å²) in [6.45, 7) is -0.852. The predicted molar refractivity (Wildman–Crippen MR) is 39.2 cm³/mol. The first-order valence-corrected chi connectivity index (χ1v) is 3.41. The summed E-state index contributed by atoms with van der Waals surface area (Å²) in [5, 5.41) is 25.2. The van der Waals surface area contributed by atoms with E-state index in [0.717, 1.165) is 0 Å². The average Bonchev–Trinajstić information content (AvgIpc) is 2.02. The van der Waals surface area contributed by atoms with Crippen molar-refractivity contribution in [2.24, 2.45) is 0 Å². The number of hydrogen-bond donors (Lipinski definition) is 4. The second-order valence-corrected chi connectivity index (χ2v) is 2.30. The van der Waals surface area contributed by atoms with Gasteiger partial charge in [0, 0.05) is 0 Å². The van der Waals surface area contributed by atoms with Gasteiger partial charge >= 0.3 is 11.9 Å². The molecule has 2 unspecified atom stereocenters. The summed E-state index contributed by atoms with van der Waals surface area (Å²) >= 11 is 3.25. The van der Waals surface area contributed by atoms with Crippen LogP contribution in [0.5, 0.6) is 0 Å². The second-order valence-electron chi connectivity index (χ2n) is 1.81. The minimum absolute atomic E-state index is 0.852. The van der Waals surface area contributed by atoms with Gasteiger partial charge in [0.15, 0.2) is 11.5 Å². The van der Waals surface area contributed by atoms with E-state index in [1.54, 1.807) is 0 Å². The van der Waals surface area contributed by atoms with Crippen molar-refractivity contribution in [1.29, 1.82) is 0 Å². The molecule has 0 aliphatic rings. The van der Waals surface area contributed by atoms with Gasteiger partial charge in [0.05, 0.1) is 6.61 Å². The Morgan fingerprint density at radius 1 is 1.33 bits per heavy atom. The third-order valence-electron chi connectivity index (χ3n) is 0.857. The Labute approximate surface area is 73.2 Å². The summed E-state index contributed by atoms with van der Waals surface area (Å²) in [6, 6.07) is 0. The molecule has 2 atom stereocenters. The van der Waals surface area contributed by atoms with Gasteiger partial charge in [-0.25, -0.2) is 9.59 Å². The van der Waals surface area contributed by atoms with Crippen LogP contribution in [0.1, 0.15) is 0 Å². The highest BCUT2D eigenvalue weighted by molar-refractivity contribution is 7.81. The molecule has 6 nitrogen and oxygen atoms in total. The van der Waals surface area contributed by atoms with Crippen LogP contribution < -0.4 is 0 Å². The van der Waals surface area contributed by atoms with Gasteiger partial charge in [-0.3, -0.25) is 0 Å². The molecule has 0 aliphatic carbocycles. The lowest BCUT2D eigenvalue weighted by molar-refractivity contribution is -0.169. The summed E-state index contributed by atoms with van der Waals surface area (Å²) in [5.41, 5.74) is -1.74. The number of rotatable bonds is 3. The molecule has 0 saturated carbocycles. The molecule has 0 saturated heterocycles. The molecule has 0 aromatic carbocycles. The zero-order valence-corrected chi connectivity index (χ0v) is 6.77. The molecule has 0 bridgehead atoms. The molecule has 70 valence electrons. The van der Waals surface area contributed by atoms with Gasteiger partial charge in [0.25, 0.3) is 0 Å². The Hall–Kier alpha value is -0.630. The van der Waals surface area contributed by atoms with Crippen LogP contribution in [0.15, 0.2) is 0 Å². The van der Waals surface area contributed by atoms with Crippen LogP contribution in [0.25, 0.3) is 0 Å². The van der Waals surface area contributed by atoms with Crippen LogP contribution in [-0.2, 0) is 14.3 Å². The van der Waals surface area contributed by atoms with Crippen molar-refractivity contribution < 1.29 is 29.6 Å². The van der Waals surface area contributed by atoms with E-state index in [4.69, 9.17) is 15.3 Å². The van der Waals surface area contributed by atoms with Crippen molar-refractivity contribution in [2.45, 2.75) is 11.5 Å². The lowest BCUT2D eigenvalue weighted by Gasteiger charge is -2.06. The Morgan fingerprint density at radius 3 is 2.17 bits per heavy atom. The normalized spacial score (nSPS) is 15.0. The van der Waals surface area contributed by atoms with Crippen LogP contribution >= 0.6 is 12.6 Å². The maximum Gasteiger partial charge on any atom is 0.353 e. The Kier molecular flexibility index (Phi) is 4.83. The number of aliphatic hydroxyl groups is 3. The van der Waals surface area contributed by atoms with Gasteiger partial charge in [-0.15, -0.1) is 12.6 Å². The SMILES string of the molecule is O=C(OC(=O)C(O)CO)C(O)S. The summed E-state index contributed by atoms with van der Waals surface area (Å²) in [4.78, 5) is 20.9. The smallest absolute Gasteiger partial charge is 0.353 e. The van der Waals surface area contributed by atoms with Gasteiger partial charge < -0.3 is 20.1 Å². The number of esters is 2. The molecular formula is C5H8O6S. The van der Waals surface area contributed by atoms with Gasteiger partial charge in [-0.1, -0.05) is 0 Å². The zero-order valence-electron chi connectivity index (χ0n) is 5.88. The summed E-state index contributed by atoms with van der Waals surface area (Å²) in [7, 11) is 0. The quantitative estimate of drug-likeness (QED) is 0.174. The molecule has 0 rings (SSSR count). The van der Waals surface area contributed by atoms with Crippen LogP contribution in [0, 0.1) is 0 Å². The van der Waals surface area contributed by atoms with Crippen molar-refractivity contribution in [3.63, 3.8) is 0 Å². The molecule has 0 spiro atoms. The Bertz CT molecular complexity index is 179. The molecule has 0 amide bonds. The maximum absolute atomic E-state index is 10.5. The van der Waals surface area contributed by atoms with E-state index in [0.29, 0.717) is 0 Å². The molecule has 0 radical (unpaired) electrons. The van der Waals surface area contributed by atoms with E-state index in [9.17, 15) is 9.59 Å². The maximum atomic E-state index is 10.5. The molecule has 0 heterocycles. The summed E-state index contributed by atoms with van der Waals surface area (Å²) in [6.07, 6.45) is -1.78. The monoisotopic (exact) mass is 196 g/mol. The van der Waals surface area contributed by atoms with Crippen molar-refractivity contribution in [3.05, 3.63) is 0 Å². The molecule has 3 N–H and O–H groups in total. The van der Waals surface area contributed by atoms with Gasteiger partial charge in [-0.05, 0) is 0 Å². The lowest BCUT2D eigenvalue weighted by Crippen LogP contribution is -2.31. The van der Waals surface area contributed by atoms with Crippen molar-refractivity contribution >= 4 is 24.6 Å². The van der Waals surface area contributed by atoms with E-state index in [1.165, 1.54) is 0 Å². The molecule has 7 heteroatoms. The minimum atomic E-state index is -1.78. The minimum Gasteiger partial charge on any atom is -0.393 e. The number of carbonyl (C=O) groups excluding carboxylic acids is 2. The number of aliphatic hydroxyl groups excluding tert-OH is 3. The first-order valence-electron chi connectivity index (χ1n) is 2.89. The first kappa shape index (κ1) is 11.4. The van der Waals surface area contributed by atoms with Crippen molar-refractivity contribution in [1.82, 2.24) is 0 Å². The van der Waals surface area contributed by atoms with E-state index in [2.05, 4.69) is 17.4 Å². The highest BCUT2D eigenvalue weighted by Gasteiger charge is 2.21. The van der Waals surface area contributed by atoms with Crippen molar-refractivity contribution in [3.8, 4) is 0 Å². The fraction of sp³-hybridized carbons (Fsp3) is 0.600. The number of hydrogen-bond acceptors (Lipinski definition) is 7. The first-order chi connectivity index (χ1) is 5.49. The predicted octanol–water partition coefficient (Wildman–Crippen LogP) is -2.34. The zero-order chi connectivity index (χ0) is 9.72. The standard InChI is InChI=1S/C5H8O6S/c6-1-2(7)3(8)11-4(9)5(10)12/h2,5-7,10,12H,1H2. The molecule has 12 heavy (non-hydrogen) atoms. The third-order valence-corrected chi connectivity index (χ3v) is 1.07. The van der Waals surface area contributed by atoms with Gasteiger partial charge in [0.2, 0.25) is 0 Å². The fourth-order valence-corrected chi connectivity index (χ4v) is 0.347. The van der Waals surface area contributed by atoms with Crippen LogP contribution in [0.3, 0.4) is 0 Å². The van der Waals surface area contributed by atoms with Gasteiger partial charge in [0.1, 0.15) is 0 Å². The molecular weight excluding hydrogens is 188 g/mol. The highest BCUT2D eigenvalue weighted by Crippen LogP contribution is 1.95. The number of carbonyl (C=O) groups is 2. The third kappa shape index (κ3) is 3.67. The van der Waals surface area contributed by atoms with Gasteiger partial charge in [-0.2, -0.15) is 0 Å². The van der Waals surface area contributed by atoms with Crippen LogP contribution in [0.2, 0.25) is 0 Å². The molecule has 0 aliphatic heterocycles. The molecule has 0 aromatic rings. The van der Waals surface area contributed by atoms with E-state index in [-0.39, 0.29) is 0 Å². The lowest BCUT2D eigenvalue weighted by atomic mass is 10.4. The Balaban J connectivity index is 3.93. The fourth-order valence-electron chi connectivity index (χ4n) is 0.294. The molecule has 0 fully saturated rings. The van der Waals surface area contributed by atoms with E-state index < -0.39 is 30.1 Å². The summed E-state index contributed by atoms with van der Waals surface area (Å²) < 4.78 is 3.85. The average molecular weight is 196 g/mol. The topological polar surface area (TPSA) is 104 Å². The largest absolute Gasteiger partial charge is 0.393 e. The second kappa shape index (κ2) is 5.09. The number of thiol groups is 1. The Morgan fingerprint density at radius 2 is 1.83 bits per heavy atom. The molecule has 0 aromatic heterocycles. The van der Waals surface area contributed by atoms with E-state index >= 15 is 0 Å². The summed E-state index contributed by atoms with van der Waals surface area (Å²) in [5.74, 6) is -2.62. The highest BCUT2D eigenvalue weighted by atomic mass is 32.1.